The second kappa shape index (κ2) is 5.64. The van der Waals surface area contributed by atoms with Crippen LogP contribution in [0.25, 0.3) is 11.1 Å². The Labute approximate surface area is 121 Å². The maximum atomic E-state index is 11.7. The molecule has 0 spiro atoms. The molecule has 4 nitrogen and oxygen atoms in total. The lowest BCUT2D eigenvalue weighted by atomic mass is 10.00. The van der Waals surface area contributed by atoms with Gasteiger partial charge < -0.3 is 4.74 Å². The fourth-order valence-electron chi connectivity index (χ4n) is 1.82. The molecule has 0 N–H and O–H groups in total. The van der Waals surface area contributed by atoms with Gasteiger partial charge in [-0.25, -0.2) is 13.2 Å². The summed E-state index contributed by atoms with van der Waals surface area (Å²) in [6.45, 7) is 0. The third-order valence-corrected chi connectivity index (χ3v) is 4.15. The van der Waals surface area contributed by atoms with Crippen LogP contribution >= 0.6 is 10.7 Å². The zero-order valence-electron chi connectivity index (χ0n) is 10.5. The van der Waals surface area contributed by atoms with Crippen LogP contribution in [-0.2, 0) is 13.8 Å². The van der Waals surface area contributed by atoms with Crippen LogP contribution in [0.3, 0.4) is 0 Å². The first kappa shape index (κ1) is 14.6. The molecule has 0 radical (unpaired) electrons. The summed E-state index contributed by atoms with van der Waals surface area (Å²) in [6, 6.07) is 12.9. The Balaban J connectivity index is 2.50. The maximum Gasteiger partial charge on any atom is 0.338 e. The number of rotatable bonds is 3. The lowest BCUT2D eigenvalue weighted by Gasteiger charge is -2.08. The van der Waals surface area contributed by atoms with E-state index >= 15 is 0 Å². The first-order chi connectivity index (χ1) is 9.43. The molecule has 0 bridgehead atoms. The van der Waals surface area contributed by atoms with Crippen molar-refractivity contribution in [3.05, 3.63) is 54.1 Å². The van der Waals surface area contributed by atoms with Gasteiger partial charge in [0.15, 0.2) is 0 Å². The van der Waals surface area contributed by atoms with Gasteiger partial charge in [-0.15, -0.1) is 0 Å². The monoisotopic (exact) mass is 310 g/mol. The highest BCUT2D eigenvalue weighted by Crippen LogP contribution is 2.26. The Morgan fingerprint density at radius 3 is 2.20 bits per heavy atom. The lowest BCUT2D eigenvalue weighted by molar-refractivity contribution is 0.0601. The molecule has 0 heterocycles. The number of carbonyl (C=O) groups excluding carboxylic acids is 1. The van der Waals surface area contributed by atoms with Gasteiger partial charge in [-0.3, -0.25) is 0 Å². The van der Waals surface area contributed by atoms with Crippen LogP contribution in [0, 0.1) is 0 Å². The van der Waals surface area contributed by atoms with Gasteiger partial charge >= 0.3 is 5.97 Å². The summed E-state index contributed by atoms with van der Waals surface area (Å²) >= 11 is 0. The number of ether oxygens (including phenoxy) is 1. The van der Waals surface area contributed by atoms with Crippen LogP contribution in [0.1, 0.15) is 10.4 Å². The van der Waals surface area contributed by atoms with Crippen LogP contribution < -0.4 is 0 Å². The number of benzene rings is 2. The van der Waals surface area contributed by atoms with Gasteiger partial charge in [0.25, 0.3) is 9.05 Å². The Kier molecular flexibility index (Phi) is 4.11. The predicted molar refractivity (Wildman–Crippen MR) is 76.3 cm³/mol. The highest BCUT2D eigenvalue weighted by molar-refractivity contribution is 8.13. The van der Waals surface area contributed by atoms with Crippen molar-refractivity contribution in [2.24, 2.45) is 0 Å². The molecule has 6 heteroatoms. The number of hydrogen-bond acceptors (Lipinski definition) is 4. The van der Waals surface area contributed by atoms with Crippen molar-refractivity contribution < 1.29 is 17.9 Å². The van der Waals surface area contributed by atoms with Crippen molar-refractivity contribution in [3.63, 3.8) is 0 Å². The topological polar surface area (TPSA) is 60.4 Å². The summed E-state index contributed by atoms with van der Waals surface area (Å²) in [5.41, 5.74) is 1.78. The fraction of sp³-hybridized carbons (Fsp3) is 0.0714. The largest absolute Gasteiger partial charge is 0.465 e. The number of carbonyl (C=O) groups is 1. The highest BCUT2D eigenvalue weighted by Gasteiger charge is 2.14. The second-order valence-corrected chi connectivity index (χ2v) is 6.57. The molecule has 0 unspecified atom stereocenters. The lowest BCUT2D eigenvalue weighted by Crippen LogP contribution is -2.03. The van der Waals surface area contributed by atoms with E-state index in [9.17, 15) is 13.2 Å². The van der Waals surface area contributed by atoms with Crippen LogP contribution in [0.15, 0.2) is 53.4 Å². The average molecular weight is 311 g/mol. The van der Waals surface area contributed by atoms with Crippen LogP contribution in [0.2, 0.25) is 0 Å². The molecule has 0 saturated carbocycles. The van der Waals surface area contributed by atoms with E-state index < -0.39 is 15.0 Å². The minimum absolute atomic E-state index is 0.0125. The molecule has 2 rings (SSSR count). The summed E-state index contributed by atoms with van der Waals surface area (Å²) in [5.74, 6) is -0.449. The molecule has 0 aliphatic rings. The molecule has 0 aliphatic carbocycles. The zero-order chi connectivity index (χ0) is 14.8. The van der Waals surface area contributed by atoms with Crippen molar-refractivity contribution >= 4 is 25.7 Å². The highest BCUT2D eigenvalue weighted by atomic mass is 35.7. The van der Waals surface area contributed by atoms with E-state index in [1.54, 1.807) is 36.4 Å². The van der Waals surface area contributed by atoms with E-state index in [1.165, 1.54) is 19.2 Å². The smallest absolute Gasteiger partial charge is 0.338 e. The first-order valence-electron chi connectivity index (χ1n) is 5.66. The van der Waals surface area contributed by atoms with Crippen LogP contribution in [0.5, 0.6) is 0 Å². The molecule has 0 atom stereocenters. The van der Waals surface area contributed by atoms with Crippen molar-refractivity contribution in [2.75, 3.05) is 7.11 Å². The SMILES string of the molecule is COC(=O)c1ccccc1-c1ccc(S(=O)(=O)Cl)cc1. The summed E-state index contributed by atoms with van der Waals surface area (Å²) < 4.78 is 27.1. The number of methoxy groups -OCH3 is 1. The van der Waals surface area contributed by atoms with Crippen molar-refractivity contribution in [1.29, 1.82) is 0 Å². The van der Waals surface area contributed by atoms with Crippen molar-refractivity contribution in [1.82, 2.24) is 0 Å². The fourth-order valence-corrected chi connectivity index (χ4v) is 2.59. The average Bonchev–Trinajstić information content (AvgIpc) is 2.45. The molecule has 0 aromatic heterocycles. The number of esters is 1. The van der Waals surface area contributed by atoms with Gasteiger partial charge in [-0.1, -0.05) is 30.3 Å². The van der Waals surface area contributed by atoms with E-state index in [2.05, 4.69) is 0 Å². The Hall–Kier alpha value is -1.85. The number of hydrogen-bond donors (Lipinski definition) is 0. The van der Waals surface area contributed by atoms with Crippen molar-refractivity contribution in [3.8, 4) is 11.1 Å². The zero-order valence-corrected chi connectivity index (χ0v) is 12.1. The summed E-state index contributed by atoms with van der Waals surface area (Å²) in [4.78, 5) is 11.7. The minimum Gasteiger partial charge on any atom is -0.465 e. The van der Waals surface area contributed by atoms with Gasteiger partial charge in [-0.2, -0.15) is 0 Å². The summed E-state index contributed by atoms with van der Waals surface area (Å²) in [5, 5.41) is 0. The third-order valence-electron chi connectivity index (χ3n) is 2.78. The molecular formula is C14H11ClO4S. The van der Waals surface area contributed by atoms with E-state index in [-0.39, 0.29) is 4.90 Å². The van der Waals surface area contributed by atoms with Gasteiger partial charge in [0.1, 0.15) is 0 Å². The quantitative estimate of drug-likeness (QED) is 0.645. The molecule has 2 aromatic rings. The minimum atomic E-state index is -3.75. The third kappa shape index (κ3) is 3.00. The Bertz CT molecular complexity index is 736. The second-order valence-electron chi connectivity index (χ2n) is 4.00. The molecule has 20 heavy (non-hydrogen) atoms. The molecule has 104 valence electrons. The van der Waals surface area contributed by atoms with Gasteiger partial charge in [0, 0.05) is 10.7 Å². The maximum absolute atomic E-state index is 11.7. The van der Waals surface area contributed by atoms with E-state index in [4.69, 9.17) is 15.4 Å². The molecule has 0 amide bonds. The Morgan fingerprint density at radius 1 is 1.05 bits per heavy atom. The summed E-state index contributed by atoms with van der Waals surface area (Å²) in [6.07, 6.45) is 0. The number of halogens is 1. The van der Waals surface area contributed by atoms with Crippen molar-refractivity contribution in [2.45, 2.75) is 4.90 Å². The van der Waals surface area contributed by atoms with Gasteiger partial charge in [0.05, 0.1) is 17.6 Å². The summed E-state index contributed by atoms with van der Waals surface area (Å²) in [7, 11) is 2.81. The molecule has 0 aliphatic heterocycles. The molecular weight excluding hydrogens is 300 g/mol. The van der Waals surface area contributed by atoms with E-state index in [1.807, 2.05) is 0 Å². The normalized spacial score (nSPS) is 11.1. The standard InChI is InChI=1S/C14H11ClO4S/c1-19-14(16)13-5-3-2-4-12(13)10-6-8-11(9-7-10)20(15,17)18/h2-9H,1H3. The molecule has 2 aromatic carbocycles. The van der Waals surface area contributed by atoms with Crippen LogP contribution in [-0.4, -0.2) is 21.5 Å². The molecule has 0 saturated heterocycles. The van der Waals surface area contributed by atoms with Crippen LogP contribution in [0.4, 0.5) is 0 Å². The molecule has 0 fully saturated rings. The Morgan fingerprint density at radius 2 is 1.65 bits per heavy atom. The predicted octanol–water partition coefficient (Wildman–Crippen LogP) is 3.07. The van der Waals surface area contributed by atoms with Gasteiger partial charge in [0.2, 0.25) is 0 Å². The van der Waals surface area contributed by atoms with E-state index in [0.29, 0.717) is 16.7 Å². The first-order valence-corrected chi connectivity index (χ1v) is 7.97. The van der Waals surface area contributed by atoms with Gasteiger partial charge in [-0.05, 0) is 29.3 Å². The van der Waals surface area contributed by atoms with E-state index in [0.717, 1.165) is 0 Å².